The number of benzene rings is 1. The Hall–Kier alpha value is -2.98. The van der Waals surface area contributed by atoms with Crippen molar-refractivity contribution >= 4 is 29.1 Å². The van der Waals surface area contributed by atoms with Gasteiger partial charge in [-0.25, -0.2) is 4.98 Å². The molecule has 0 spiro atoms. The van der Waals surface area contributed by atoms with Crippen molar-refractivity contribution in [2.45, 2.75) is 0 Å². The number of carbonyl (C=O) groups is 1. The Balaban J connectivity index is 1.75. The molecule has 0 bridgehead atoms. The van der Waals surface area contributed by atoms with Gasteiger partial charge < -0.3 is 5.32 Å². The molecule has 2 aromatic rings. The number of hydrogen-bond donors (Lipinski definition) is 1. The lowest BCUT2D eigenvalue weighted by molar-refractivity contribution is -0.116. The predicted molar refractivity (Wildman–Crippen MR) is 90.0 cm³/mol. The van der Waals surface area contributed by atoms with Crippen LogP contribution in [0.25, 0.3) is 11.1 Å². The third-order valence-corrected chi connectivity index (χ3v) is 3.94. The summed E-state index contributed by atoms with van der Waals surface area (Å²) in [6, 6.07) is 13.3. The van der Waals surface area contributed by atoms with Crippen LogP contribution in [0.1, 0.15) is 11.3 Å². The first kappa shape index (κ1) is 14.9. The van der Waals surface area contributed by atoms with E-state index in [0.29, 0.717) is 16.6 Å². The van der Waals surface area contributed by atoms with Gasteiger partial charge in [0.05, 0.1) is 12.0 Å². The molecule has 1 aromatic carbocycles. The van der Waals surface area contributed by atoms with Crippen LogP contribution in [0.3, 0.4) is 0 Å². The first-order valence-corrected chi connectivity index (χ1v) is 7.74. The van der Waals surface area contributed by atoms with Gasteiger partial charge in [0.2, 0.25) is 5.91 Å². The maximum absolute atomic E-state index is 11.0. The summed E-state index contributed by atoms with van der Waals surface area (Å²) in [4.78, 5) is 15.1. The SMILES string of the molecule is N#Cc1ncccc1-c1ccc(C=NN=C2NC(=O)CS2)cc1. The van der Waals surface area contributed by atoms with Gasteiger partial charge in [-0.15, -0.1) is 5.10 Å². The molecule has 112 valence electrons. The Morgan fingerprint density at radius 2 is 2.13 bits per heavy atom. The highest BCUT2D eigenvalue weighted by molar-refractivity contribution is 8.15. The molecule has 1 N–H and O–H groups in total. The van der Waals surface area contributed by atoms with E-state index in [4.69, 9.17) is 5.26 Å². The molecule has 6 nitrogen and oxygen atoms in total. The smallest absolute Gasteiger partial charge is 0.236 e. The van der Waals surface area contributed by atoms with Crippen molar-refractivity contribution in [2.24, 2.45) is 10.2 Å². The minimum absolute atomic E-state index is 0.0573. The molecule has 1 aromatic heterocycles. The molecule has 0 saturated carbocycles. The molecule has 1 amide bonds. The van der Waals surface area contributed by atoms with E-state index >= 15 is 0 Å². The maximum atomic E-state index is 11.0. The lowest BCUT2D eigenvalue weighted by Crippen LogP contribution is -2.19. The van der Waals surface area contributed by atoms with Gasteiger partial charge >= 0.3 is 0 Å². The molecular weight excluding hydrogens is 310 g/mol. The van der Waals surface area contributed by atoms with E-state index < -0.39 is 0 Å². The standard InChI is InChI=1S/C16H11N5OS/c17-8-14-13(2-1-7-18-14)12-5-3-11(4-6-12)9-19-21-16-20-15(22)10-23-16/h1-7,9H,10H2,(H,20,21,22). The number of rotatable bonds is 3. The third-order valence-electron chi connectivity index (χ3n) is 3.08. The van der Waals surface area contributed by atoms with E-state index in [1.165, 1.54) is 11.8 Å². The van der Waals surface area contributed by atoms with Crippen molar-refractivity contribution in [1.82, 2.24) is 10.3 Å². The third kappa shape index (κ3) is 3.62. The van der Waals surface area contributed by atoms with Crippen molar-refractivity contribution in [1.29, 1.82) is 5.26 Å². The van der Waals surface area contributed by atoms with Gasteiger partial charge in [0.25, 0.3) is 0 Å². The first-order chi connectivity index (χ1) is 11.3. The van der Waals surface area contributed by atoms with Crippen molar-refractivity contribution in [3.8, 4) is 17.2 Å². The minimum Gasteiger partial charge on any atom is -0.303 e. The van der Waals surface area contributed by atoms with Crippen LogP contribution >= 0.6 is 11.8 Å². The number of amidine groups is 1. The normalized spacial score (nSPS) is 15.8. The number of nitriles is 1. The summed E-state index contributed by atoms with van der Waals surface area (Å²) < 4.78 is 0. The summed E-state index contributed by atoms with van der Waals surface area (Å²) in [5.74, 6) is 0.327. The molecule has 7 heteroatoms. The van der Waals surface area contributed by atoms with Crippen LogP contribution in [0.4, 0.5) is 0 Å². The Kier molecular flexibility index (Phi) is 4.45. The van der Waals surface area contributed by atoms with E-state index in [2.05, 4.69) is 26.6 Å². The quantitative estimate of drug-likeness (QED) is 0.693. The summed E-state index contributed by atoms with van der Waals surface area (Å²) in [5.41, 5.74) is 2.98. The zero-order valence-corrected chi connectivity index (χ0v) is 12.7. The Bertz CT molecular complexity index is 836. The number of thioether (sulfide) groups is 1. The second-order valence-corrected chi connectivity index (χ2v) is 5.58. The second kappa shape index (κ2) is 6.85. The maximum Gasteiger partial charge on any atom is 0.236 e. The van der Waals surface area contributed by atoms with Crippen molar-refractivity contribution < 1.29 is 4.79 Å². The fourth-order valence-electron chi connectivity index (χ4n) is 2.00. The number of amides is 1. The fraction of sp³-hybridized carbons (Fsp3) is 0.0625. The molecule has 2 heterocycles. The Labute approximate surface area is 137 Å². The first-order valence-electron chi connectivity index (χ1n) is 6.75. The Morgan fingerprint density at radius 3 is 2.83 bits per heavy atom. The molecule has 0 unspecified atom stereocenters. The van der Waals surface area contributed by atoms with Crippen LogP contribution in [-0.2, 0) is 4.79 Å². The van der Waals surface area contributed by atoms with Gasteiger partial charge in [0.15, 0.2) is 5.17 Å². The summed E-state index contributed by atoms with van der Waals surface area (Å²) in [6.07, 6.45) is 3.21. The van der Waals surface area contributed by atoms with Crippen LogP contribution in [0.15, 0.2) is 52.8 Å². The predicted octanol–water partition coefficient (Wildman–Crippen LogP) is 2.17. The van der Waals surface area contributed by atoms with E-state index in [0.717, 1.165) is 16.7 Å². The van der Waals surface area contributed by atoms with Gasteiger partial charge in [-0.2, -0.15) is 10.4 Å². The lowest BCUT2D eigenvalue weighted by Gasteiger charge is -2.03. The summed E-state index contributed by atoms with van der Waals surface area (Å²) in [7, 11) is 0. The largest absolute Gasteiger partial charge is 0.303 e. The summed E-state index contributed by atoms with van der Waals surface area (Å²) in [5, 5.41) is 20.1. The van der Waals surface area contributed by atoms with Gasteiger partial charge in [-0.05, 0) is 23.3 Å². The van der Waals surface area contributed by atoms with Crippen LogP contribution < -0.4 is 5.32 Å². The number of nitrogens with zero attached hydrogens (tertiary/aromatic N) is 4. The van der Waals surface area contributed by atoms with E-state index in [-0.39, 0.29) is 5.91 Å². The van der Waals surface area contributed by atoms with Crippen LogP contribution in [0.5, 0.6) is 0 Å². The Morgan fingerprint density at radius 1 is 1.30 bits per heavy atom. The topological polar surface area (TPSA) is 90.5 Å². The molecule has 0 atom stereocenters. The van der Waals surface area contributed by atoms with E-state index in [9.17, 15) is 4.79 Å². The highest BCUT2D eigenvalue weighted by Gasteiger charge is 2.15. The highest BCUT2D eigenvalue weighted by atomic mass is 32.2. The van der Waals surface area contributed by atoms with Gasteiger partial charge in [-0.1, -0.05) is 36.0 Å². The number of hydrogen-bond acceptors (Lipinski definition) is 6. The zero-order valence-electron chi connectivity index (χ0n) is 11.9. The average Bonchev–Trinajstić information content (AvgIpc) is 3.01. The molecule has 23 heavy (non-hydrogen) atoms. The molecule has 0 aliphatic carbocycles. The zero-order chi connectivity index (χ0) is 16.1. The molecule has 1 saturated heterocycles. The molecular formula is C16H11N5OS. The van der Waals surface area contributed by atoms with Crippen molar-refractivity contribution in [3.05, 3.63) is 53.9 Å². The van der Waals surface area contributed by atoms with Gasteiger partial charge in [-0.3, -0.25) is 4.79 Å². The lowest BCUT2D eigenvalue weighted by atomic mass is 10.0. The molecule has 0 radical (unpaired) electrons. The minimum atomic E-state index is -0.0573. The van der Waals surface area contributed by atoms with Gasteiger partial charge in [0, 0.05) is 11.8 Å². The van der Waals surface area contributed by atoms with Crippen LogP contribution in [-0.4, -0.2) is 28.0 Å². The van der Waals surface area contributed by atoms with Crippen molar-refractivity contribution in [3.63, 3.8) is 0 Å². The molecule has 3 rings (SSSR count). The van der Waals surface area contributed by atoms with Crippen molar-refractivity contribution in [2.75, 3.05) is 5.75 Å². The van der Waals surface area contributed by atoms with Crippen LogP contribution in [0.2, 0.25) is 0 Å². The van der Waals surface area contributed by atoms with E-state index in [1.54, 1.807) is 18.5 Å². The number of carbonyl (C=O) groups excluding carboxylic acids is 1. The average molecular weight is 321 g/mol. The van der Waals surface area contributed by atoms with Crippen LogP contribution in [0, 0.1) is 11.3 Å². The molecule has 1 aliphatic rings. The summed E-state index contributed by atoms with van der Waals surface area (Å²) >= 11 is 1.33. The molecule has 1 fully saturated rings. The molecule has 1 aliphatic heterocycles. The second-order valence-electron chi connectivity index (χ2n) is 4.62. The number of nitrogens with one attached hydrogen (secondary N) is 1. The van der Waals surface area contributed by atoms with Gasteiger partial charge in [0.1, 0.15) is 11.8 Å². The van der Waals surface area contributed by atoms with E-state index in [1.807, 2.05) is 30.3 Å². The monoisotopic (exact) mass is 321 g/mol. The summed E-state index contributed by atoms with van der Waals surface area (Å²) in [6.45, 7) is 0. The number of aromatic nitrogens is 1. The fourth-order valence-corrected chi connectivity index (χ4v) is 2.63. The number of pyridine rings is 1. The highest BCUT2D eigenvalue weighted by Crippen LogP contribution is 2.21.